The van der Waals surface area contributed by atoms with E-state index in [1.165, 1.54) is 17.1 Å². The van der Waals surface area contributed by atoms with Crippen LogP contribution in [0.2, 0.25) is 0 Å². The van der Waals surface area contributed by atoms with E-state index in [2.05, 4.69) is 6.08 Å². The van der Waals surface area contributed by atoms with Crippen molar-refractivity contribution in [2.45, 2.75) is 25.3 Å². The molecule has 39 heavy (non-hydrogen) atoms. The number of allylic oxidation sites excluding steroid dienone is 1. The molecular formula is C30H25FN2O6. The van der Waals surface area contributed by atoms with Gasteiger partial charge in [0.05, 0.1) is 11.8 Å². The molecule has 0 unspecified atom stereocenters. The van der Waals surface area contributed by atoms with Crippen LogP contribution in [0.5, 0.6) is 28.7 Å². The van der Waals surface area contributed by atoms with Gasteiger partial charge in [0.1, 0.15) is 0 Å². The van der Waals surface area contributed by atoms with E-state index in [0.717, 1.165) is 47.4 Å². The summed E-state index contributed by atoms with van der Waals surface area (Å²) in [5.41, 5.74) is 3.82. The lowest BCUT2D eigenvalue weighted by atomic mass is 9.77. The molecular weight excluding hydrogens is 503 g/mol. The Balaban J connectivity index is 1.23. The van der Waals surface area contributed by atoms with E-state index in [9.17, 15) is 9.18 Å². The molecule has 3 aromatic rings. The number of fused-ring (bicyclic) bond motifs is 3. The quantitative estimate of drug-likeness (QED) is 0.436. The second-order valence-corrected chi connectivity index (χ2v) is 9.78. The van der Waals surface area contributed by atoms with Gasteiger partial charge in [-0.3, -0.25) is 4.79 Å². The SMILES string of the molecule is O=C(COc1ccccc1F)N1N=C2/C(=C\c3ccc4c(c3)OCO4)CCC[C@H]2[C@H]1c1ccc2c(c1)OCO2. The highest BCUT2D eigenvalue weighted by atomic mass is 19.1. The molecule has 2 atom stereocenters. The number of hydrazone groups is 1. The molecule has 1 fully saturated rings. The zero-order valence-corrected chi connectivity index (χ0v) is 21.0. The standard InChI is InChI=1S/C30H25FN2O6/c31-22-6-1-2-7-23(22)35-15-28(34)33-30(20-9-11-25-27(14-20)39-17-37-25)21-5-3-4-19(29(21)32-33)12-18-8-10-24-26(13-18)38-16-36-24/h1-2,6-14,21,30H,3-5,15-17H2/b19-12-/t21-,30-/m1/s1. The van der Waals surface area contributed by atoms with Gasteiger partial charge in [-0.25, -0.2) is 9.40 Å². The smallest absolute Gasteiger partial charge is 0.281 e. The molecule has 0 bridgehead atoms. The van der Waals surface area contributed by atoms with Gasteiger partial charge in [0.2, 0.25) is 13.6 Å². The molecule has 0 spiro atoms. The number of hydrogen-bond donors (Lipinski definition) is 0. The number of hydrogen-bond acceptors (Lipinski definition) is 7. The minimum Gasteiger partial charge on any atom is -0.481 e. The van der Waals surface area contributed by atoms with E-state index in [1.54, 1.807) is 12.1 Å². The van der Waals surface area contributed by atoms with Crippen LogP contribution in [0.15, 0.2) is 71.3 Å². The molecule has 3 heterocycles. The van der Waals surface area contributed by atoms with Crippen LogP contribution in [0.25, 0.3) is 6.08 Å². The third kappa shape index (κ3) is 4.33. The lowest BCUT2D eigenvalue weighted by molar-refractivity contribution is -0.135. The maximum Gasteiger partial charge on any atom is 0.281 e. The second kappa shape index (κ2) is 9.65. The second-order valence-electron chi connectivity index (χ2n) is 9.78. The number of amides is 1. The fourth-order valence-corrected chi connectivity index (χ4v) is 5.61. The Bertz CT molecular complexity index is 1520. The molecule has 4 aliphatic rings. The summed E-state index contributed by atoms with van der Waals surface area (Å²) in [6, 6.07) is 17.2. The highest BCUT2D eigenvalue weighted by Crippen LogP contribution is 2.46. The Labute approximate surface area is 224 Å². The number of nitrogens with zero attached hydrogens (tertiary/aromatic N) is 2. The average Bonchev–Trinajstić information content (AvgIpc) is 3.70. The van der Waals surface area contributed by atoms with Crippen LogP contribution in [0.3, 0.4) is 0 Å². The minimum absolute atomic E-state index is 0.0169. The summed E-state index contributed by atoms with van der Waals surface area (Å²) in [6.45, 7) is 0.0379. The van der Waals surface area contributed by atoms with E-state index in [-0.39, 0.29) is 43.8 Å². The predicted octanol–water partition coefficient (Wildman–Crippen LogP) is 5.49. The van der Waals surface area contributed by atoms with Crippen molar-refractivity contribution in [3.05, 3.63) is 83.2 Å². The summed E-state index contributed by atoms with van der Waals surface area (Å²) in [5, 5.41) is 6.37. The van der Waals surface area contributed by atoms with Crippen molar-refractivity contribution in [2.75, 3.05) is 20.2 Å². The minimum atomic E-state index is -0.520. The van der Waals surface area contributed by atoms with Crippen molar-refractivity contribution in [3.63, 3.8) is 0 Å². The Hall–Kier alpha value is -4.53. The molecule has 198 valence electrons. The van der Waals surface area contributed by atoms with Gasteiger partial charge in [0, 0.05) is 5.92 Å². The summed E-state index contributed by atoms with van der Waals surface area (Å²) >= 11 is 0. The van der Waals surface area contributed by atoms with Crippen LogP contribution in [0, 0.1) is 11.7 Å². The Morgan fingerprint density at radius 2 is 1.72 bits per heavy atom. The van der Waals surface area contributed by atoms with E-state index < -0.39 is 5.82 Å². The number of benzene rings is 3. The van der Waals surface area contributed by atoms with Gasteiger partial charge in [-0.05, 0) is 78.4 Å². The largest absolute Gasteiger partial charge is 0.481 e. The molecule has 0 saturated heterocycles. The van der Waals surface area contributed by atoms with E-state index in [0.29, 0.717) is 17.2 Å². The van der Waals surface area contributed by atoms with Crippen molar-refractivity contribution in [1.82, 2.24) is 5.01 Å². The van der Waals surface area contributed by atoms with Crippen LogP contribution in [0.4, 0.5) is 4.39 Å². The number of rotatable bonds is 5. The first-order valence-corrected chi connectivity index (χ1v) is 12.9. The highest BCUT2D eigenvalue weighted by molar-refractivity contribution is 6.08. The van der Waals surface area contributed by atoms with Crippen molar-refractivity contribution in [2.24, 2.45) is 11.0 Å². The molecule has 1 aliphatic carbocycles. The monoisotopic (exact) mass is 528 g/mol. The zero-order valence-electron chi connectivity index (χ0n) is 21.0. The van der Waals surface area contributed by atoms with Crippen LogP contribution in [-0.4, -0.2) is 36.8 Å². The van der Waals surface area contributed by atoms with Crippen molar-refractivity contribution in [1.29, 1.82) is 0 Å². The van der Waals surface area contributed by atoms with Gasteiger partial charge in [-0.1, -0.05) is 24.3 Å². The summed E-state index contributed by atoms with van der Waals surface area (Å²) in [6.07, 6.45) is 4.77. The summed E-state index contributed by atoms with van der Waals surface area (Å²) in [7, 11) is 0. The first-order valence-electron chi connectivity index (χ1n) is 12.9. The van der Waals surface area contributed by atoms with Crippen molar-refractivity contribution < 1.29 is 32.9 Å². The zero-order chi connectivity index (χ0) is 26.3. The third-order valence-corrected chi connectivity index (χ3v) is 7.42. The normalized spacial score (nSPS) is 21.6. The molecule has 0 aromatic heterocycles. The number of halogens is 1. The summed E-state index contributed by atoms with van der Waals surface area (Å²) in [5.74, 6) is 1.89. The van der Waals surface area contributed by atoms with Gasteiger partial charge < -0.3 is 23.7 Å². The van der Waals surface area contributed by atoms with Gasteiger partial charge in [0.25, 0.3) is 5.91 Å². The number of ether oxygens (including phenoxy) is 5. The summed E-state index contributed by atoms with van der Waals surface area (Å²) in [4.78, 5) is 13.5. The van der Waals surface area contributed by atoms with Crippen LogP contribution in [0.1, 0.15) is 36.4 Å². The number of carbonyl (C=O) groups excluding carboxylic acids is 1. The molecule has 7 rings (SSSR count). The molecule has 3 aliphatic heterocycles. The first kappa shape index (κ1) is 23.6. The number of para-hydroxylation sites is 1. The van der Waals surface area contributed by atoms with Gasteiger partial charge in [-0.15, -0.1) is 0 Å². The molecule has 1 saturated carbocycles. The van der Waals surface area contributed by atoms with E-state index in [1.807, 2.05) is 36.4 Å². The molecule has 8 nitrogen and oxygen atoms in total. The van der Waals surface area contributed by atoms with Crippen LogP contribution in [-0.2, 0) is 4.79 Å². The maximum atomic E-state index is 14.1. The van der Waals surface area contributed by atoms with Gasteiger partial charge >= 0.3 is 0 Å². The molecule has 9 heteroatoms. The Kier molecular flexibility index (Phi) is 5.83. The lowest BCUT2D eigenvalue weighted by Crippen LogP contribution is -2.34. The van der Waals surface area contributed by atoms with Gasteiger partial charge in [0.15, 0.2) is 41.2 Å². The average molecular weight is 529 g/mol. The van der Waals surface area contributed by atoms with E-state index >= 15 is 0 Å². The topological polar surface area (TPSA) is 78.8 Å². The lowest BCUT2D eigenvalue weighted by Gasteiger charge is -2.29. The maximum absolute atomic E-state index is 14.1. The molecule has 3 aromatic carbocycles. The molecule has 1 amide bonds. The third-order valence-electron chi connectivity index (χ3n) is 7.42. The fourth-order valence-electron chi connectivity index (χ4n) is 5.61. The Morgan fingerprint density at radius 1 is 0.974 bits per heavy atom. The van der Waals surface area contributed by atoms with E-state index in [4.69, 9.17) is 28.8 Å². The highest BCUT2D eigenvalue weighted by Gasteiger charge is 2.44. The van der Waals surface area contributed by atoms with Crippen molar-refractivity contribution >= 4 is 17.7 Å². The fraction of sp³-hybridized carbons (Fsp3) is 0.267. The van der Waals surface area contributed by atoms with Gasteiger partial charge in [-0.2, -0.15) is 5.10 Å². The summed E-state index contributed by atoms with van der Waals surface area (Å²) < 4.78 is 41.8. The molecule has 0 radical (unpaired) electrons. The number of carbonyl (C=O) groups is 1. The first-order chi connectivity index (χ1) is 19.1. The van der Waals surface area contributed by atoms with Crippen LogP contribution >= 0.6 is 0 Å². The van der Waals surface area contributed by atoms with Crippen molar-refractivity contribution in [3.8, 4) is 28.7 Å². The predicted molar refractivity (Wildman–Crippen MR) is 139 cm³/mol. The van der Waals surface area contributed by atoms with Crippen LogP contribution < -0.4 is 23.7 Å². The Morgan fingerprint density at radius 3 is 2.54 bits per heavy atom. The molecule has 0 N–H and O–H groups in total.